The van der Waals surface area contributed by atoms with E-state index in [0.717, 1.165) is 31.9 Å². The van der Waals surface area contributed by atoms with Crippen LogP contribution < -0.4 is 5.32 Å². The van der Waals surface area contributed by atoms with Crippen LogP contribution in [0.5, 0.6) is 0 Å². The average molecular weight is 264 g/mol. The van der Waals surface area contributed by atoms with E-state index in [-0.39, 0.29) is 18.0 Å². The second-order valence-corrected chi connectivity index (χ2v) is 4.69. The number of benzene rings is 1. The van der Waals surface area contributed by atoms with Crippen LogP contribution in [0.1, 0.15) is 24.8 Å². The summed E-state index contributed by atoms with van der Waals surface area (Å²) in [7, 11) is 0. The van der Waals surface area contributed by atoms with E-state index < -0.39 is 22.5 Å². The molecule has 0 radical (unpaired) electrons. The zero-order chi connectivity index (χ0) is 12.4. The molecule has 17 heavy (non-hydrogen) atoms. The van der Waals surface area contributed by atoms with Crippen molar-refractivity contribution < 1.29 is 13.2 Å². The van der Waals surface area contributed by atoms with Crippen molar-refractivity contribution in [3.05, 3.63) is 34.1 Å². The number of halogens is 4. The highest BCUT2D eigenvalue weighted by atomic mass is 35.5. The van der Waals surface area contributed by atoms with Crippen molar-refractivity contribution in [2.75, 3.05) is 6.54 Å². The molecule has 2 rings (SSSR count). The summed E-state index contributed by atoms with van der Waals surface area (Å²) in [6, 6.07) is 1.06. The lowest BCUT2D eigenvalue weighted by Gasteiger charge is -2.23. The first kappa shape index (κ1) is 12.7. The van der Waals surface area contributed by atoms with E-state index in [4.69, 9.17) is 11.6 Å². The van der Waals surface area contributed by atoms with Crippen LogP contribution in [0.3, 0.4) is 0 Å². The number of hydrogen-bond donors (Lipinski definition) is 1. The standard InChI is InChI=1S/C12H13ClF3N/c13-10-9(14)6-7(11(15)12(10)16)5-8-3-1-2-4-17-8/h6,8,17H,1-5H2. The molecule has 0 spiro atoms. The van der Waals surface area contributed by atoms with Crippen LogP contribution in [0.4, 0.5) is 13.2 Å². The average Bonchev–Trinajstić information content (AvgIpc) is 2.35. The Bertz CT molecular complexity index is 417. The summed E-state index contributed by atoms with van der Waals surface area (Å²) in [5.74, 6) is -3.24. The van der Waals surface area contributed by atoms with Crippen LogP contribution in [-0.2, 0) is 6.42 Å². The quantitative estimate of drug-likeness (QED) is 0.637. The molecule has 1 aliphatic rings. The molecule has 1 N–H and O–H groups in total. The Morgan fingerprint density at radius 2 is 2.00 bits per heavy atom. The predicted octanol–water partition coefficient (Wildman–Crippen LogP) is 3.44. The molecule has 0 aliphatic carbocycles. The summed E-state index contributed by atoms with van der Waals surface area (Å²) >= 11 is 5.29. The molecule has 1 aromatic rings. The maximum Gasteiger partial charge on any atom is 0.180 e. The molecule has 1 aromatic carbocycles. The largest absolute Gasteiger partial charge is 0.314 e. The summed E-state index contributed by atoms with van der Waals surface area (Å²) in [6.45, 7) is 0.866. The Hall–Kier alpha value is -0.740. The molecular weight excluding hydrogens is 251 g/mol. The Labute approximate surface area is 103 Å². The van der Waals surface area contributed by atoms with Crippen molar-refractivity contribution in [2.24, 2.45) is 0 Å². The molecule has 0 aromatic heterocycles. The molecule has 1 heterocycles. The van der Waals surface area contributed by atoms with Crippen LogP contribution in [0.25, 0.3) is 0 Å². The fraction of sp³-hybridized carbons (Fsp3) is 0.500. The maximum atomic E-state index is 13.5. The van der Waals surface area contributed by atoms with Gasteiger partial charge in [-0.2, -0.15) is 0 Å². The summed E-state index contributed by atoms with van der Waals surface area (Å²) < 4.78 is 40.0. The second-order valence-electron chi connectivity index (χ2n) is 4.31. The van der Waals surface area contributed by atoms with Crippen LogP contribution >= 0.6 is 11.6 Å². The van der Waals surface area contributed by atoms with E-state index in [9.17, 15) is 13.2 Å². The minimum absolute atomic E-state index is 0.0452. The smallest absolute Gasteiger partial charge is 0.180 e. The number of hydrogen-bond acceptors (Lipinski definition) is 1. The van der Waals surface area contributed by atoms with Crippen LogP contribution in [0.15, 0.2) is 6.07 Å². The third-order valence-electron chi connectivity index (χ3n) is 3.06. The van der Waals surface area contributed by atoms with E-state index >= 15 is 0 Å². The molecular formula is C12H13ClF3N. The van der Waals surface area contributed by atoms with Crippen molar-refractivity contribution in [1.29, 1.82) is 0 Å². The molecule has 1 atom stereocenters. The molecule has 0 amide bonds. The third kappa shape index (κ3) is 2.75. The van der Waals surface area contributed by atoms with E-state index in [0.29, 0.717) is 0 Å². The zero-order valence-corrected chi connectivity index (χ0v) is 9.96. The topological polar surface area (TPSA) is 12.0 Å². The van der Waals surface area contributed by atoms with Crippen molar-refractivity contribution in [1.82, 2.24) is 5.32 Å². The first-order valence-electron chi connectivity index (χ1n) is 5.65. The zero-order valence-electron chi connectivity index (χ0n) is 9.20. The monoisotopic (exact) mass is 263 g/mol. The van der Waals surface area contributed by atoms with Gasteiger partial charge in [0.2, 0.25) is 0 Å². The van der Waals surface area contributed by atoms with Gasteiger partial charge in [0.1, 0.15) is 10.8 Å². The van der Waals surface area contributed by atoms with E-state index in [1.165, 1.54) is 0 Å². The van der Waals surface area contributed by atoms with Gasteiger partial charge in [0.25, 0.3) is 0 Å². The Morgan fingerprint density at radius 3 is 2.65 bits per heavy atom. The van der Waals surface area contributed by atoms with Gasteiger partial charge in [-0.3, -0.25) is 0 Å². The summed E-state index contributed by atoms with van der Waals surface area (Å²) in [5.41, 5.74) is 0.0452. The van der Waals surface area contributed by atoms with Gasteiger partial charge < -0.3 is 5.32 Å². The van der Waals surface area contributed by atoms with Gasteiger partial charge in [-0.1, -0.05) is 18.0 Å². The van der Waals surface area contributed by atoms with E-state index in [2.05, 4.69) is 5.32 Å². The number of piperidine rings is 1. The summed E-state index contributed by atoms with van der Waals surface area (Å²) in [5, 5.41) is 2.43. The minimum Gasteiger partial charge on any atom is -0.314 e. The highest BCUT2D eigenvalue weighted by molar-refractivity contribution is 6.30. The fourth-order valence-corrected chi connectivity index (χ4v) is 2.27. The highest BCUT2D eigenvalue weighted by Crippen LogP contribution is 2.25. The fourth-order valence-electron chi connectivity index (χ4n) is 2.13. The van der Waals surface area contributed by atoms with Crippen molar-refractivity contribution in [2.45, 2.75) is 31.7 Å². The van der Waals surface area contributed by atoms with Gasteiger partial charge in [0.15, 0.2) is 11.6 Å². The molecule has 0 saturated carbocycles. The Kier molecular flexibility index (Phi) is 3.94. The Balaban J connectivity index is 2.20. The third-order valence-corrected chi connectivity index (χ3v) is 3.40. The van der Waals surface area contributed by atoms with Crippen molar-refractivity contribution in [3.8, 4) is 0 Å². The SMILES string of the molecule is Fc1cc(CC2CCCCN2)c(F)c(F)c1Cl. The first-order valence-corrected chi connectivity index (χ1v) is 6.02. The van der Waals surface area contributed by atoms with Gasteiger partial charge in [0.05, 0.1) is 0 Å². The lowest BCUT2D eigenvalue weighted by atomic mass is 9.97. The van der Waals surface area contributed by atoms with Gasteiger partial charge in [0, 0.05) is 6.04 Å². The number of rotatable bonds is 2. The van der Waals surface area contributed by atoms with Crippen LogP contribution in [-0.4, -0.2) is 12.6 Å². The molecule has 1 saturated heterocycles. The lowest BCUT2D eigenvalue weighted by Crippen LogP contribution is -2.35. The lowest BCUT2D eigenvalue weighted by molar-refractivity contribution is 0.390. The predicted molar refractivity (Wildman–Crippen MR) is 60.7 cm³/mol. The molecule has 94 valence electrons. The minimum atomic E-state index is -1.29. The van der Waals surface area contributed by atoms with Gasteiger partial charge >= 0.3 is 0 Å². The number of nitrogens with one attached hydrogen (secondary N) is 1. The second kappa shape index (κ2) is 5.27. The summed E-state index contributed by atoms with van der Waals surface area (Å²) in [4.78, 5) is 0. The van der Waals surface area contributed by atoms with Crippen molar-refractivity contribution in [3.63, 3.8) is 0 Å². The van der Waals surface area contributed by atoms with E-state index in [1.54, 1.807) is 0 Å². The molecule has 1 unspecified atom stereocenters. The maximum absolute atomic E-state index is 13.5. The first-order chi connectivity index (χ1) is 8.09. The normalized spacial score (nSPS) is 20.6. The van der Waals surface area contributed by atoms with Crippen LogP contribution in [0.2, 0.25) is 5.02 Å². The van der Waals surface area contributed by atoms with Crippen LogP contribution in [0, 0.1) is 17.5 Å². The molecule has 0 bridgehead atoms. The summed E-state index contributed by atoms with van der Waals surface area (Å²) in [6.07, 6.45) is 3.32. The molecule has 1 fully saturated rings. The van der Waals surface area contributed by atoms with Gasteiger partial charge in [-0.05, 0) is 37.4 Å². The molecule has 1 aliphatic heterocycles. The van der Waals surface area contributed by atoms with Gasteiger partial charge in [-0.15, -0.1) is 0 Å². The molecule has 5 heteroatoms. The van der Waals surface area contributed by atoms with E-state index in [1.807, 2.05) is 0 Å². The van der Waals surface area contributed by atoms with Crippen molar-refractivity contribution >= 4 is 11.6 Å². The van der Waals surface area contributed by atoms with Gasteiger partial charge in [-0.25, -0.2) is 13.2 Å². The highest BCUT2D eigenvalue weighted by Gasteiger charge is 2.20. The molecule has 1 nitrogen and oxygen atoms in total. The Morgan fingerprint density at radius 1 is 1.24 bits per heavy atom.